The third kappa shape index (κ3) is 4.84. The number of hydrogen-bond acceptors (Lipinski definition) is 6. The van der Waals surface area contributed by atoms with E-state index >= 15 is 0 Å². The maximum absolute atomic E-state index is 14.3. The van der Waals surface area contributed by atoms with E-state index in [1.807, 2.05) is 4.90 Å². The lowest BCUT2D eigenvalue weighted by Crippen LogP contribution is -2.56. The van der Waals surface area contributed by atoms with E-state index in [1.165, 1.54) is 17.0 Å². The minimum Gasteiger partial charge on any atom is -0.444 e. The average Bonchev–Trinajstić information content (AvgIpc) is 2.67. The van der Waals surface area contributed by atoms with E-state index in [0.29, 0.717) is 23.1 Å². The molecule has 1 aromatic heterocycles. The summed E-state index contributed by atoms with van der Waals surface area (Å²) in [4.78, 5) is 20.3. The number of fused-ring (bicyclic) bond motifs is 1. The number of benzene rings is 1. The van der Waals surface area contributed by atoms with E-state index in [-0.39, 0.29) is 34.7 Å². The first kappa shape index (κ1) is 23.1. The van der Waals surface area contributed by atoms with E-state index in [1.54, 1.807) is 20.8 Å². The van der Waals surface area contributed by atoms with Gasteiger partial charge < -0.3 is 14.5 Å². The highest BCUT2D eigenvalue weighted by Crippen LogP contribution is 2.37. The van der Waals surface area contributed by atoms with Crippen molar-refractivity contribution in [2.45, 2.75) is 38.8 Å². The highest BCUT2D eigenvalue weighted by Gasteiger charge is 2.35. The lowest BCUT2D eigenvalue weighted by molar-refractivity contribution is 0.0145. The van der Waals surface area contributed by atoms with Crippen LogP contribution in [0.3, 0.4) is 0 Å². The van der Waals surface area contributed by atoms with E-state index in [9.17, 15) is 19.7 Å². The molecule has 1 atom stereocenters. The Hall–Kier alpha value is -2.62. The molecule has 1 fully saturated rings. The van der Waals surface area contributed by atoms with Crippen molar-refractivity contribution in [3.63, 3.8) is 0 Å². The smallest absolute Gasteiger partial charge is 0.410 e. The maximum atomic E-state index is 14.3. The fourth-order valence-electron chi connectivity index (χ4n) is 3.54. The molecule has 31 heavy (non-hydrogen) atoms. The Balaban J connectivity index is 2.04. The zero-order chi connectivity index (χ0) is 22.9. The Morgan fingerprint density at radius 1 is 1.39 bits per heavy atom. The van der Waals surface area contributed by atoms with Crippen molar-refractivity contribution in [1.29, 1.82) is 10.5 Å². The Labute approximate surface area is 193 Å². The minimum atomic E-state index is -0.668. The molecule has 0 saturated carbocycles. The number of carbonyl (C=O) groups is 1. The summed E-state index contributed by atoms with van der Waals surface area (Å²) in [6.45, 7) is 6.20. The van der Waals surface area contributed by atoms with Gasteiger partial charge in [-0.3, -0.25) is 0 Å². The van der Waals surface area contributed by atoms with Gasteiger partial charge in [0.1, 0.15) is 28.2 Å². The van der Waals surface area contributed by atoms with Gasteiger partial charge in [-0.2, -0.15) is 10.5 Å². The number of anilines is 1. The largest absolute Gasteiger partial charge is 0.444 e. The molecule has 0 aliphatic carbocycles. The molecule has 2 heterocycles. The second-order valence-electron chi connectivity index (χ2n) is 8.16. The normalized spacial score (nSPS) is 16.7. The maximum Gasteiger partial charge on any atom is 0.410 e. The van der Waals surface area contributed by atoms with Crippen LogP contribution in [-0.4, -0.2) is 47.3 Å². The molecule has 0 unspecified atom stereocenters. The molecule has 7 nitrogen and oxygen atoms in total. The van der Waals surface area contributed by atoms with Crippen LogP contribution >= 0.6 is 27.5 Å². The fraction of sp³-hybridized carbons (Fsp3) is 0.429. The van der Waals surface area contributed by atoms with Crippen molar-refractivity contribution in [1.82, 2.24) is 9.88 Å². The summed E-state index contributed by atoms with van der Waals surface area (Å²) >= 11 is 9.41. The molecule has 1 aliphatic rings. The van der Waals surface area contributed by atoms with Crippen molar-refractivity contribution in [2.24, 2.45) is 0 Å². The lowest BCUT2D eigenvalue weighted by Gasteiger charge is -2.42. The Kier molecular flexibility index (Phi) is 6.59. The predicted octanol–water partition coefficient (Wildman–Crippen LogP) is 5.00. The number of nitriles is 2. The summed E-state index contributed by atoms with van der Waals surface area (Å²) in [6, 6.07) is 6.50. The first-order valence-electron chi connectivity index (χ1n) is 9.55. The molecule has 1 aliphatic heterocycles. The van der Waals surface area contributed by atoms with Crippen LogP contribution in [-0.2, 0) is 4.74 Å². The molecule has 0 N–H and O–H groups in total. The monoisotopic (exact) mass is 507 g/mol. The van der Waals surface area contributed by atoms with Crippen molar-refractivity contribution in [2.75, 3.05) is 24.5 Å². The number of nitrogens with zero attached hydrogens (tertiary/aromatic N) is 5. The number of aromatic nitrogens is 1. The topological polar surface area (TPSA) is 93.2 Å². The third-order valence-corrected chi connectivity index (χ3v) is 5.70. The van der Waals surface area contributed by atoms with Crippen LogP contribution in [0.4, 0.5) is 14.9 Å². The Morgan fingerprint density at radius 3 is 2.71 bits per heavy atom. The summed E-state index contributed by atoms with van der Waals surface area (Å²) in [5, 5.41) is 19.5. The summed E-state index contributed by atoms with van der Waals surface area (Å²) in [5.41, 5.74) is 0.325. The van der Waals surface area contributed by atoms with Gasteiger partial charge in [0, 0.05) is 25.0 Å². The van der Waals surface area contributed by atoms with Gasteiger partial charge in [-0.15, -0.1) is 0 Å². The summed E-state index contributed by atoms with van der Waals surface area (Å²) in [7, 11) is 0. The number of halogens is 3. The summed E-state index contributed by atoms with van der Waals surface area (Å²) in [5.74, 6) is -0.497. The fourth-order valence-corrected chi connectivity index (χ4v) is 4.09. The van der Waals surface area contributed by atoms with Crippen LogP contribution in [0.5, 0.6) is 0 Å². The first-order valence-corrected chi connectivity index (χ1v) is 10.7. The average molecular weight is 509 g/mol. The SMILES string of the molecule is CC(C)(C)OC(=O)N1CCN(c2c(C#N)c(Cl)nc3cc(Br)c(F)cc23)C[C@@H]1CC#N. The number of ether oxygens (including phenoxy) is 1. The highest BCUT2D eigenvalue weighted by atomic mass is 79.9. The second kappa shape index (κ2) is 8.86. The molecule has 10 heteroatoms. The Morgan fingerprint density at radius 2 is 2.10 bits per heavy atom. The number of hydrogen-bond donors (Lipinski definition) is 0. The molecule has 2 aromatic rings. The standard InChI is InChI=1S/C21H20BrClFN5O2/c1-21(2,3)31-20(30)29-7-6-28(11-12(29)4-5-25)18-13-8-16(24)15(22)9-17(13)27-19(23)14(18)10-26/h8-9,12H,4,6-7,11H2,1-3H3/t12-/m0/s1. The van der Waals surface area contributed by atoms with Crippen LogP contribution in [0.2, 0.25) is 5.15 Å². The van der Waals surface area contributed by atoms with Gasteiger partial charge in [-0.1, -0.05) is 11.6 Å². The van der Waals surface area contributed by atoms with Crippen molar-refractivity contribution < 1.29 is 13.9 Å². The quantitative estimate of drug-likeness (QED) is 0.530. The lowest BCUT2D eigenvalue weighted by atomic mass is 10.0. The summed E-state index contributed by atoms with van der Waals surface area (Å²) < 4.78 is 20.0. The molecule has 1 aromatic carbocycles. The van der Waals surface area contributed by atoms with E-state index < -0.39 is 23.6 Å². The number of piperazine rings is 1. The second-order valence-corrected chi connectivity index (χ2v) is 9.37. The predicted molar refractivity (Wildman–Crippen MR) is 118 cm³/mol. The first-order chi connectivity index (χ1) is 14.6. The molecule has 162 valence electrons. The molecule has 0 bridgehead atoms. The van der Waals surface area contributed by atoms with Gasteiger partial charge in [-0.25, -0.2) is 14.2 Å². The van der Waals surface area contributed by atoms with Gasteiger partial charge in [0.2, 0.25) is 0 Å². The van der Waals surface area contributed by atoms with Crippen LogP contribution in [0.25, 0.3) is 10.9 Å². The van der Waals surface area contributed by atoms with Gasteiger partial charge >= 0.3 is 6.09 Å². The molecule has 3 rings (SSSR count). The number of rotatable bonds is 2. The zero-order valence-electron chi connectivity index (χ0n) is 17.2. The van der Waals surface area contributed by atoms with Crippen molar-refractivity contribution >= 4 is 50.2 Å². The van der Waals surface area contributed by atoms with Crippen molar-refractivity contribution in [3.8, 4) is 12.1 Å². The number of carbonyl (C=O) groups excluding carboxylic acids is 1. The van der Waals surface area contributed by atoms with Crippen LogP contribution in [0.1, 0.15) is 32.8 Å². The van der Waals surface area contributed by atoms with E-state index in [4.69, 9.17) is 16.3 Å². The van der Waals surface area contributed by atoms with Gasteiger partial charge in [0.15, 0.2) is 0 Å². The number of amides is 1. The van der Waals surface area contributed by atoms with Crippen molar-refractivity contribution in [3.05, 3.63) is 33.1 Å². The van der Waals surface area contributed by atoms with Gasteiger partial charge in [0.25, 0.3) is 0 Å². The van der Waals surface area contributed by atoms with Crippen LogP contribution in [0, 0.1) is 28.5 Å². The van der Waals surface area contributed by atoms with Gasteiger partial charge in [-0.05, 0) is 48.8 Å². The number of pyridine rings is 1. The molecule has 0 spiro atoms. The van der Waals surface area contributed by atoms with E-state index in [2.05, 4.69) is 33.1 Å². The molecule has 0 radical (unpaired) electrons. The summed E-state index contributed by atoms with van der Waals surface area (Å²) in [6.07, 6.45) is -0.422. The minimum absolute atomic E-state index is 0.00918. The van der Waals surface area contributed by atoms with Crippen LogP contribution in [0.15, 0.2) is 16.6 Å². The highest BCUT2D eigenvalue weighted by molar-refractivity contribution is 9.10. The molecular formula is C21H20BrClFN5O2. The Bertz CT molecular complexity index is 1120. The van der Waals surface area contributed by atoms with E-state index in [0.717, 1.165) is 0 Å². The molecule has 1 amide bonds. The molecule has 1 saturated heterocycles. The zero-order valence-corrected chi connectivity index (χ0v) is 19.6. The third-order valence-electron chi connectivity index (χ3n) is 4.82. The van der Waals surface area contributed by atoms with Crippen LogP contribution < -0.4 is 4.90 Å². The van der Waals surface area contributed by atoms with Gasteiger partial charge in [0.05, 0.1) is 34.2 Å². The molecular weight excluding hydrogens is 489 g/mol.